The van der Waals surface area contributed by atoms with Crippen LogP contribution < -0.4 is 4.90 Å². The predicted molar refractivity (Wildman–Crippen MR) is 272 cm³/mol. The number of benzene rings is 10. The molecule has 1 heterocycles. The third-order valence-electron chi connectivity index (χ3n) is 14.7. The highest BCUT2D eigenvalue weighted by atomic mass is 16.3. The second-order valence-electron chi connectivity index (χ2n) is 18.5. The Balaban J connectivity index is 0.991. The van der Waals surface area contributed by atoms with Gasteiger partial charge < -0.3 is 9.32 Å². The van der Waals surface area contributed by atoms with Crippen molar-refractivity contribution < 1.29 is 4.42 Å². The minimum Gasteiger partial charge on any atom is -0.455 e. The Morgan fingerprint density at radius 1 is 0.385 bits per heavy atom. The lowest BCUT2D eigenvalue weighted by Gasteiger charge is -2.31. The summed E-state index contributed by atoms with van der Waals surface area (Å²) < 4.78 is 6.67. The van der Waals surface area contributed by atoms with E-state index in [1.165, 1.54) is 66.6 Å². The molecular formula is C63H45NO. The largest absolute Gasteiger partial charge is 0.455 e. The van der Waals surface area contributed by atoms with Gasteiger partial charge in [-0.05, 0) is 133 Å². The molecule has 2 aliphatic rings. The van der Waals surface area contributed by atoms with E-state index in [9.17, 15) is 0 Å². The molecule has 0 amide bonds. The lowest BCUT2D eigenvalue weighted by atomic mass is 9.74. The van der Waals surface area contributed by atoms with Gasteiger partial charge in [-0.3, -0.25) is 0 Å². The Morgan fingerprint density at radius 2 is 1.02 bits per heavy atom. The number of fused-ring (bicyclic) bond motifs is 11. The highest BCUT2D eigenvalue weighted by Gasteiger charge is 2.41. The van der Waals surface area contributed by atoms with Gasteiger partial charge in [0.2, 0.25) is 0 Å². The van der Waals surface area contributed by atoms with E-state index in [-0.39, 0.29) is 10.8 Å². The molecule has 0 saturated carbocycles. The summed E-state index contributed by atoms with van der Waals surface area (Å²) >= 11 is 0. The zero-order chi connectivity index (χ0) is 43.4. The van der Waals surface area contributed by atoms with E-state index in [2.05, 4.69) is 244 Å². The van der Waals surface area contributed by atoms with Crippen LogP contribution in [-0.4, -0.2) is 0 Å². The fraction of sp³-hybridized carbons (Fsp3) is 0.0794. The molecule has 2 heteroatoms. The van der Waals surface area contributed by atoms with Crippen molar-refractivity contribution >= 4 is 49.8 Å². The van der Waals surface area contributed by atoms with Crippen molar-refractivity contribution in [1.29, 1.82) is 0 Å². The lowest BCUT2D eigenvalue weighted by Crippen LogP contribution is -2.22. The third-order valence-corrected chi connectivity index (χ3v) is 14.7. The summed E-state index contributed by atoms with van der Waals surface area (Å²) in [6.07, 6.45) is 0. The molecule has 0 bridgehead atoms. The van der Waals surface area contributed by atoms with Gasteiger partial charge in [0.25, 0.3) is 0 Å². The van der Waals surface area contributed by atoms with Crippen LogP contribution in [0.15, 0.2) is 223 Å². The Bertz CT molecular complexity index is 3710. The molecule has 2 aliphatic carbocycles. The maximum atomic E-state index is 6.67. The van der Waals surface area contributed by atoms with Crippen molar-refractivity contribution in [2.24, 2.45) is 0 Å². The van der Waals surface area contributed by atoms with Gasteiger partial charge in [0.05, 0.1) is 0 Å². The topological polar surface area (TPSA) is 16.4 Å². The highest BCUT2D eigenvalue weighted by molar-refractivity contribution is 6.19. The van der Waals surface area contributed by atoms with E-state index in [0.29, 0.717) is 0 Å². The predicted octanol–water partition coefficient (Wildman–Crippen LogP) is 17.2. The van der Waals surface area contributed by atoms with Crippen molar-refractivity contribution in [3.8, 4) is 44.5 Å². The standard InChI is InChI=1S/C63H45NO/c1-62(2)55-27-11-9-23-51(55)53-26-14-25-48(60(53)62)41-30-33-44(34-31-41)64(46-35-37-52-50-22-10-12-28-56(50)63(3,57(52)39-46)43-18-5-4-6-19-43)45-20-13-17-42(38-45)47-24-15-29-58-59(47)54-36-32-40-16-7-8-21-49(40)61(54)65-58/h4-39H,1-3H3. The van der Waals surface area contributed by atoms with Gasteiger partial charge in [-0.1, -0.05) is 184 Å². The first kappa shape index (κ1) is 37.6. The minimum absolute atomic E-state index is 0.114. The molecule has 308 valence electrons. The molecule has 2 nitrogen and oxygen atoms in total. The van der Waals surface area contributed by atoms with E-state index < -0.39 is 0 Å². The van der Waals surface area contributed by atoms with Crippen LogP contribution >= 0.6 is 0 Å². The van der Waals surface area contributed by atoms with Crippen molar-refractivity contribution in [3.05, 3.63) is 246 Å². The Hall–Kier alpha value is -7.94. The molecule has 13 rings (SSSR count). The minimum atomic E-state index is -0.333. The molecule has 0 saturated heterocycles. The Morgan fingerprint density at radius 3 is 1.86 bits per heavy atom. The SMILES string of the molecule is CC1(C)c2ccccc2-c2cccc(-c3ccc(N(c4cccc(-c5cccc6oc7c8ccccc8ccc7c56)c4)c4ccc5c(c4)C(C)(c4ccccc4)c4ccccc4-5)cc3)c21. The molecule has 0 fully saturated rings. The van der Waals surface area contributed by atoms with Crippen LogP contribution in [0.5, 0.6) is 0 Å². The summed E-state index contributed by atoms with van der Waals surface area (Å²) in [6.45, 7) is 7.14. The first-order valence-corrected chi connectivity index (χ1v) is 22.8. The number of rotatable bonds is 6. The first-order chi connectivity index (χ1) is 31.9. The summed E-state index contributed by atoms with van der Waals surface area (Å²) in [7, 11) is 0. The van der Waals surface area contributed by atoms with Gasteiger partial charge in [-0.25, -0.2) is 0 Å². The molecule has 65 heavy (non-hydrogen) atoms. The first-order valence-electron chi connectivity index (χ1n) is 22.8. The van der Waals surface area contributed by atoms with Gasteiger partial charge >= 0.3 is 0 Å². The van der Waals surface area contributed by atoms with Gasteiger partial charge in [-0.15, -0.1) is 0 Å². The number of furan rings is 1. The average molecular weight is 832 g/mol. The summed E-state index contributed by atoms with van der Waals surface area (Å²) in [6, 6.07) is 80.4. The van der Waals surface area contributed by atoms with E-state index in [1.54, 1.807) is 0 Å². The molecule has 0 radical (unpaired) electrons. The fourth-order valence-corrected chi connectivity index (χ4v) is 11.6. The van der Waals surface area contributed by atoms with Crippen molar-refractivity contribution in [2.75, 3.05) is 4.90 Å². The normalized spacial score (nSPS) is 15.5. The van der Waals surface area contributed by atoms with Crippen molar-refractivity contribution in [3.63, 3.8) is 0 Å². The fourth-order valence-electron chi connectivity index (χ4n) is 11.6. The molecule has 0 N–H and O–H groups in total. The Kier molecular flexibility index (Phi) is 8.12. The van der Waals surface area contributed by atoms with Gasteiger partial charge in [0.1, 0.15) is 11.2 Å². The van der Waals surface area contributed by atoms with Crippen molar-refractivity contribution in [1.82, 2.24) is 0 Å². The van der Waals surface area contributed by atoms with Gasteiger partial charge in [0.15, 0.2) is 0 Å². The van der Waals surface area contributed by atoms with Gasteiger partial charge in [-0.2, -0.15) is 0 Å². The molecule has 1 atom stereocenters. The molecule has 1 aromatic heterocycles. The molecule has 0 aliphatic heterocycles. The maximum absolute atomic E-state index is 6.67. The van der Waals surface area contributed by atoms with Crippen LogP contribution in [0.1, 0.15) is 48.6 Å². The monoisotopic (exact) mass is 831 g/mol. The van der Waals surface area contributed by atoms with Crippen LogP contribution in [-0.2, 0) is 10.8 Å². The number of hydrogen-bond acceptors (Lipinski definition) is 2. The molecular weight excluding hydrogens is 787 g/mol. The number of hydrogen-bond donors (Lipinski definition) is 0. The van der Waals surface area contributed by atoms with E-state index >= 15 is 0 Å². The maximum Gasteiger partial charge on any atom is 0.143 e. The summed E-state index contributed by atoms with van der Waals surface area (Å²) in [5.41, 5.74) is 21.4. The molecule has 10 aromatic carbocycles. The van der Waals surface area contributed by atoms with Crippen LogP contribution in [0.25, 0.3) is 77.2 Å². The zero-order valence-electron chi connectivity index (χ0n) is 36.6. The van der Waals surface area contributed by atoms with E-state index in [0.717, 1.165) is 55.5 Å². The molecule has 1 unspecified atom stereocenters. The third kappa shape index (κ3) is 5.47. The van der Waals surface area contributed by atoms with Crippen LogP contribution in [0, 0.1) is 0 Å². The van der Waals surface area contributed by atoms with Crippen LogP contribution in [0.4, 0.5) is 17.1 Å². The van der Waals surface area contributed by atoms with E-state index in [1.807, 2.05) is 0 Å². The second kappa shape index (κ2) is 14.0. The van der Waals surface area contributed by atoms with Gasteiger partial charge in [0, 0.05) is 44.1 Å². The Labute approximate surface area is 379 Å². The second-order valence-corrected chi connectivity index (χ2v) is 18.5. The zero-order valence-corrected chi connectivity index (χ0v) is 36.6. The van der Waals surface area contributed by atoms with Crippen LogP contribution in [0.3, 0.4) is 0 Å². The number of nitrogens with zero attached hydrogens (tertiary/aromatic N) is 1. The summed E-state index contributed by atoms with van der Waals surface area (Å²) in [4.78, 5) is 2.44. The van der Waals surface area contributed by atoms with Crippen LogP contribution in [0.2, 0.25) is 0 Å². The average Bonchev–Trinajstić information content (AvgIpc) is 3.96. The van der Waals surface area contributed by atoms with Crippen molar-refractivity contribution in [2.45, 2.75) is 31.6 Å². The summed E-state index contributed by atoms with van der Waals surface area (Å²) in [5, 5.41) is 4.57. The number of anilines is 3. The molecule has 0 spiro atoms. The lowest BCUT2D eigenvalue weighted by molar-refractivity contribution is 0.662. The smallest absolute Gasteiger partial charge is 0.143 e. The van der Waals surface area contributed by atoms with E-state index in [4.69, 9.17) is 4.42 Å². The summed E-state index contributed by atoms with van der Waals surface area (Å²) in [5.74, 6) is 0. The quantitative estimate of drug-likeness (QED) is 0.166. The molecule has 11 aromatic rings. The highest BCUT2D eigenvalue weighted by Crippen LogP contribution is 2.55.